The highest BCUT2D eigenvalue weighted by Gasteiger charge is 2.45. The highest BCUT2D eigenvalue weighted by Crippen LogP contribution is 2.58. The first kappa shape index (κ1) is 24.4. The zero-order valence-electron chi connectivity index (χ0n) is 17.6. The Hall–Kier alpha value is -2.26. The molecule has 2 nitrogen and oxygen atoms in total. The Kier molecular flexibility index (Phi) is 8.42. The van der Waals surface area contributed by atoms with Crippen molar-refractivity contribution < 1.29 is 26.5 Å². The molecule has 0 aliphatic carbocycles. The lowest BCUT2D eigenvalue weighted by molar-refractivity contribution is -0.0000205. The molecule has 32 heavy (non-hydrogen) atoms. The summed E-state index contributed by atoms with van der Waals surface area (Å²) in [5.74, 6) is -0.331. The molecule has 0 N–H and O–H groups in total. The van der Waals surface area contributed by atoms with Crippen LogP contribution in [0.15, 0.2) is 114 Å². The first-order valence-electron chi connectivity index (χ1n) is 10.1. The van der Waals surface area contributed by atoms with Gasteiger partial charge in [-0.05, 0) is 48.5 Å². The van der Waals surface area contributed by atoms with Crippen LogP contribution < -0.4 is 32.9 Å². The molecular weight excluding hydrogens is 547 g/mol. The molecule has 0 unspecified atom stereocenters. The van der Waals surface area contributed by atoms with Crippen LogP contribution in [-0.4, -0.2) is 13.1 Å². The predicted molar refractivity (Wildman–Crippen MR) is 134 cm³/mol. The molecule has 0 aromatic heterocycles. The number of hydrogen-bond acceptors (Lipinski definition) is 2. The van der Waals surface area contributed by atoms with Gasteiger partial charge in [-0.25, -0.2) is 4.79 Å². The van der Waals surface area contributed by atoms with Crippen LogP contribution in [0.3, 0.4) is 0 Å². The predicted octanol–water partition coefficient (Wildman–Crippen LogP) is 2.73. The van der Waals surface area contributed by atoms with Gasteiger partial charge < -0.3 is 21.7 Å². The van der Waals surface area contributed by atoms with Crippen molar-refractivity contribution in [3.8, 4) is 0 Å². The molecule has 5 heteroatoms. The molecule has 162 valence electrons. The van der Waals surface area contributed by atoms with Crippen LogP contribution >= 0.6 is 23.2 Å². The third-order valence-electron chi connectivity index (χ3n) is 5.47. The van der Waals surface area contributed by atoms with E-state index in [2.05, 4.69) is 107 Å². The van der Waals surface area contributed by atoms with Gasteiger partial charge in [0.15, 0.2) is 0 Å². The first-order chi connectivity index (χ1) is 15.1. The molecule has 4 aromatic carbocycles. The Balaban J connectivity index is 0.00000289. The average molecular weight is 570 g/mol. The largest absolute Gasteiger partial charge is 1.00 e. The Morgan fingerprint density at radius 2 is 1.19 bits per heavy atom. The number of hydrogen-bond donors (Lipinski definition) is 0. The second kappa shape index (κ2) is 11.0. The second-order valence-electron chi connectivity index (χ2n) is 7.27. The Morgan fingerprint density at radius 3 is 1.56 bits per heavy atom. The molecular formula is C27H23Br2O2P. The maximum atomic E-state index is 12.0. The van der Waals surface area contributed by atoms with E-state index < -0.39 is 7.26 Å². The maximum Gasteiger partial charge on any atom is 0.337 e. The van der Waals surface area contributed by atoms with Gasteiger partial charge in [-0.1, -0.05) is 76.6 Å². The van der Waals surface area contributed by atoms with Gasteiger partial charge in [-0.2, -0.15) is 0 Å². The van der Waals surface area contributed by atoms with Crippen molar-refractivity contribution in [3.05, 3.63) is 125 Å². The fraction of sp³-hybridized carbons (Fsp3) is 0.0741. The van der Waals surface area contributed by atoms with Crippen LogP contribution in [0.4, 0.5) is 0 Å². The molecule has 0 spiro atoms. The van der Waals surface area contributed by atoms with Crippen molar-refractivity contribution in [3.63, 3.8) is 0 Å². The van der Waals surface area contributed by atoms with E-state index in [1.54, 1.807) is 0 Å². The van der Waals surface area contributed by atoms with Crippen molar-refractivity contribution in [2.45, 2.75) is 6.16 Å². The summed E-state index contributed by atoms with van der Waals surface area (Å²) in [6, 6.07) is 38.1. The zero-order chi connectivity index (χ0) is 21.7. The van der Waals surface area contributed by atoms with E-state index in [0.29, 0.717) is 5.56 Å². The lowest BCUT2D eigenvalue weighted by atomic mass is 10.1. The van der Waals surface area contributed by atoms with Crippen LogP contribution in [0.2, 0.25) is 0 Å². The summed E-state index contributed by atoms with van der Waals surface area (Å²) in [7, 11) is -0.590. The van der Waals surface area contributed by atoms with E-state index in [1.165, 1.54) is 23.0 Å². The molecule has 4 aromatic rings. The minimum Gasteiger partial charge on any atom is -1.00 e. The maximum absolute atomic E-state index is 12.0. The highest BCUT2D eigenvalue weighted by molar-refractivity contribution is 9.10. The summed E-state index contributed by atoms with van der Waals surface area (Å²) in [5, 5.41) is 3.99. The van der Waals surface area contributed by atoms with Gasteiger partial charge in [0.2, 0.25) is 0 Å². The lowest BCUT2D eigenvalue weighted by Gasteiger charge is -2.28. The van der Waals surface area contributed by atoms with E-state index in [4.69, 9.17) is 4.74 Å². The van der Waals surface area contributed by atoms with E-state index in [1.807, 2.05) is 18.2 Å². The van der Waals surface area contributed by atoms with Gasteiger partial charge in [-0.15, -0.1) is 0 Å². The molecule has 0 saturated heterocycles. The summed E-state index contributed by atoms with van der Waals surface area (Å²) in [4.78, 5) is 12.0. The number of benzene rings is 4. The van der Waals surface area contributed by atoms with Crippen LogP contribution in [0.5, 0.6) is 0 Å². The van der Waals surface area contributed by atoms with Gasteiger partial charge >= 0.3 is 5.97 Å². The van der Waals surface area contributed by atoms with Crippen molar-refractivity contribution in [1.29, 1.82) is 0 Å². The molecule has 0 fully saturated rings. The van der Waals surface area contributed by atoms with Crippen molar-refractivity contribution in [1.82, 2.24) is 0 Å². The highest BCUT2D eigenvalue weighted by atomic mass is 79.9. The van der Waals surface area contributed by atoms with Gasteiger partial charge in [0.25, 0.3) is 0 Å². The molecule has 0 aliphatic heterocycles. The SMILES string of the molecule is COC(=O)c1ccc(C[P+](c2ccccc2)(c2ccccc2)c2ccccc2)c(Br)c1.[Br-]. The van der Waals surface area contributed by atoms with Gasteiger partial charge in [0.05, 0.1) is 18.8 Å². The summed E-state index contributed by atoms with van der Waals surface area (Å²) < 4.78 is 5.81. The minimum atomic E-state index is -1.99. The number of ether oxygens (including phenoxy) is 1. The molecule has 0 aliphatic rings. The van der Waals surface area contributed by atoms with E-state index in [-0.39, 0.29) is 23.0 Å². The van der Waals surface area contributed by atoms with Gasteiger partial charge in [0, 0.05) is 10.0 Å². The number of rotatable bonds is 6. The summed E-state index contributed by atoms with van der Waals surface area (Å²) >= 11 is 3.72. The van der Waals surface area contributed by atoms with Crippen LogP contribution in [0, 0.1) is 0 Å². The quantitative estimate of drug-likeness (QED) is 0.264. The second-order valence-corrected chi connectivity index (χ2v) is 11.6. The van der Waals surface area contributed by atoms with Gasteiger partial charge in [0.1, 0.15) is 23.2 Å². The van der Waals surface area contributed by atoms with Crippen LogP contribution in [-0.2, 0) is 10.9 Å². The Morgan fingerprint density at radius 1 is 0.750 bits per heavy atom. The molecule has 4 rings (SSSR count). The smallest absolute Gasteiger partial charge is 0.337 e. The number of methoxy groups -OCH3 is 1. The first-order valence-corrected chi connectivity index (χ1v) is 12.8. The monoisotopic (exact) mass is 568 g/mol. The normalized spacial score (nSPS) is 10.8. The Bertz CT molecular complexity index is 1070. The fourth-order valence-electron chi connectivity index (χ4n) is 3.94. The molecule has 0 heterocycles. The minimum absolute atomic E-state index is 0. The molecule has 0 amide bonds. The molecule has 0 radical (unpaired) electrons. The van der Waals surface area contributed by atoms with Crippen LogP contribution in [0.25, 0.3) is 0 Å². The summed E-state index contributed by atoms with van der Waals surface area (Å²) in [6.45, 7) is 0. The van der Waals surface area contributed by atoms with Crippen molar-refractivity contribution in [2.24, 2.45) is 0 Å². The van der Waals surface area contributed by atoms with Gasteiger partial charge in [-0.3, -0.25) is 0 Å². The van der Waals surface area contributed by atoms with Crippen molar-refractivity contribution >= 4 is 45.1 Å². The molecule has 0 bridgehead atoms. The topological polar surface area (TPSA) is 26.3 Å². The summed E-state index contributed by atoms with van der Waals surface area (Å²) in [6.07, 6.45) is 0.840. The fourth-order valence-corrected chi connectivity index (χ4v) is 8.95. The molecule has 0 saturated carbocycles. The number of halogens is 2. The third-order valence-corrected chi connectivity index (χ3v) is 10.6. The number of esters is 1. The number of carbonyl (C=O) groups excluding carboxylic acids is 1. The molecule has 0 atom stereocenters. The van der Waals surface area contributed by atoms with E-state index >= 15 is 0 Å². The van der Waals surface area contributed by atoms with Crippen molar-refractivity contribution in [2.75, 3.05) is 7.11 Å². The van der Waals surface area contributed by atoms with E-state index in [9.17, 15) is 4.79 Å². The lowest BCUT2D eigenvalue weighted by Crippen LogP contribution is -3.00. The zero-order valence-corrected chi connectivity index (χ0v) is 21.7. The van der Waals surface area contributed by atoms with Crippen LogP contribution in [0.1, 0.15) is 15.9 Å². The summed E-state index contributed by atoms with van der Waals surface area (Å²) in [5.41, 5.74) is 1.71. The standard InChI is InChI=1S/C27H23BrO2P.BrH/c1-30-27(29)21-17-18-22(26(28)19-21)20-31(23-11-5-2-6-12-23,24-13-7-3-8-14-24)25-15-9-4-10-16-25;/h2-19H,20H2,1H3;1H/q+1;/p-1. The Labute approximate surface area is 208 Å². The average Bonchev–Trinajstić information content (AvgIpc) is 2.84. The van der Waals surface area contributed by atoms with E-state index in [0.717, 1.165) is 16.2 Å². The number of carbonyl (C=O) groups is 1. The third kappa shape index (κ3) is 4.88.